The van der Waals surface area contributed by atoms with Gasteiger partial charge in [0.2, 0.25) is 0 Å². The number of hydrogen-bond donors (Lipinski definition) is 4. The molecule has 0 radical (unpaired) electrons. The summed E-state index contributed by atoms with van der Waals surface area (Å²) in [6.07, 6.45) is 4.60. The van der Waals surface area contributed by atoms with Crippen molar-refractivity contribution < 1.29 is 9.13 Å². The number of piperidine rings is 1. The highest BCUT2D eigenvalue weighted by Gasteiger charge is 2.38. The van der Waals surface area contributed by atoms with Gasteiger partial charge in [0.1, 0.15) is 23.3 Å². The van der Waals surface area contributed by atoms with Crippen LogP contribution in [0.2, 0.25) is 0 Å². The summed E-state index contributed by atoms with van der Waals surface area (Å²) in [5, 5.41) is 18.6. The highest BCUT2D eigenvalue weighted by Crippen LogP contribution is 2.41. The summed E-state index contributed by atoms with van der Waals surface area (Å²) in [6.45, 7) is 6.07. The molecule has 9 nitrogen and oxygen atoms in total. The fourth-order valence-electron chi connectivity index (χ4n) is 5.34. The normalized spacial score (nSPS) is 19.8. The predicted molar refractivity (Wildman–Crippen MR) is 140 cm³/mol. The molecule has 0 unspecified atom stereocenters. The molecule has 4 heterocycles. The highest BCUT2D eigenvalue weighted by atomic mass is 19.1. The molecule has 190 valence electrons. The van der Waals surface area contributed by atoms with E-state index in [4.69, 9.17) is 20.9 Å². The van der Waals surface area contributed by atoms with Gasteiger partial charge in [0.05, 0.1) is 25.5 Å². The SMILES string of the molecule is C[C@@H]1COCCN1c1cc(C2(CN)CCN(c3cccc(F)c3)CC2)c(C=N)c(Nc2ccn[nH]2)n1. The summed E-state index contributed by atoms with van der Waals surface area (Å²) in [6, 6.07) is 10.9. The van der Waals surface area contributed by atoms with Crippen molar-refractivity contribution in [2.24, 2.45) is 5.73 Å². The first kappa shape index (κ1) is 24.2. The Kier molecular flexibility index (Phi) is 6.88. The first-order valence-corrected chi connectivity index (χ1v) is 12.4. The molecule has 2 aliphatic heterocycles. The van der Waals surface area contributed by atoms with E-state index in [2.05, 4.69) is 38.3 Å². The first-order chi connectivity index (χ1) is 17.5. The van der Waals surface area contributed by atoms with E-state index in [9.17, 15) is 4.39 Å². The van der Waals surface area contributed by atoms with Gasteiger partial charge in [-0.05, 0) is 49.6 Å². The lowest BCUT2D eigenvalue weighted by Gasteiger charge is -2.44. The van der Waals surface area contributed by atoms with E-state index in [1.54, 1.807) is 18.3 Å². The van der Waals surface area contributed by atoms with Crippen LogP contribution in [-0.2, 0) is 10.2 Å². The van der Waals surface area contributed by atoms with E-state index < -0.39 is 0 Å². The molecule has 2 fully saturated rings. The maximum atomic E-state index is 13.9. The summed E-state index contributed by atoms with van der Waals surface area (Å²) in [4.78, 5) is 9.41. The van der Waals surface area contributed by atoms with E-state index >= 15 is 0 Å². The molecule has 2 aliphatic rings. The van der Waals surface area contributed by atoms with Crippen LogP contribution in [0.4, 0.5) is 27.5 Å². The second kappa shape index (κ2) is 10.2. The monoisotopic (exact) mass is 492 g/mol. The highest BCUT2D eigenvalue weighted by molar-refractivity contribution is 5.89. The molecule has 0 aliphatic carbocycles. The molecular formula is C26H33FN8O. The quantitative estimate of drug-likeness (QED) is 0.373. The largest absolute Gasteiger partial charge is 0.377 e. The molecule has 0 amide bonds. The van der Waals surface area contributed by atoms with Gasteiger partial charge in [-0.15, -0.1) is 0 Å². The lowest BCUT2D eigenvalue weighted by atomic mass is 9.71. The average molecular weight is 493 g/mol. The minimum Gasteiger partial charge on any atom is -0.377 e. The number of aromatic amines is 1. The molecule has 0 saturated carbocycles. The number of hydrogen-bond acceptors (Lipinski definition) is 8. The third-order valence-corrected chi connectivity index (χ3v) is 7.46. The van der Waals surface area contributed by atoms with Crippen LogP contribution in [0.3, 0.4) is 0 Å². The summed E-state index contributed by atoms with van der Waals surface area (Å²) >= 11 is 0. The van der Waals surface area contributed by atoms with Gasteiger partial charge in [-0.1, -0.05) is 6.07 Å². The number of pyridine rings is 1. The van der Waals surface area contributed by atoms with Gasteiger partial charge in [0.15, 0.2) is 0 Å². The first-order valence-electron chi connectivity index (χ1n) is 12.4. The number of rotatable bonds is 7. The van der Waals surface area contributed by atoms with Gasteiger partial charge in [-0.2, -0.15) is 5.10 Å². The molecule has 5 N–H and O–H groups in total. The Hall–Kier alpha value is -3.50. The van der Waals surface area contributed by atoms with Crippen LogP contribution in [0.5, 0.6) is 0 Å². The van der Waals surface area contributed by atoms with Crippen molar-refractivity contribution in [3.05, 3.63) is 59.5 Å². The topological polar surface area (TPSA) is 119 Å². The predicted octanol–water partition coefficient (Wildman–Crippen LogP) is 3.41. The second-order valence-electron chi connectivity index (χ2n) is 9.60. The molecule has 0 spiro atoms. The van der Waals surface area contributed by atoms with Crippen LogP contribution >= 0.6 is 0 Å². The summed E-state index contributed by atoms with van der Waals surface area (Å²) in [5.74, 6) is 1.91. The van der Waals surface area contributed by atoms with Gasteiger partial charge in [0, 0.05) is 55.1 Å². The van der Waals surface area contributed by atoms with Gasteiger partial charge < -0.3 is 31.0 Å². The van der Waals surface area contributed by atoms with Crippen molar-refractivity contribution >= 4 is 29.4 Å². The molecule has 0 bridgehead atoms. The van der Waals surface area contributed by atoms with Crippen LogP contribution < -0.4 is 20.9 Å². The number of halogens is 1. The number of H-pyrrole nitrogens is 1. The minimum atomic E-state index is -0.339. The fourth-order valence-corrected chi connectivity index (χ4v) is 5.34. The molecule has 1 atom stereocenters. The lowest BCUT2D eigenvalue weighted by Crippen LogP contribution is -2.48. The molecule has 36 heavy (non-hydrogen) atoms. The Morgan fingerprint density at radius 1 is 1.28 bits per heavy atom. The van der Waals surface area contributed by atoms with Gasteiger partial charge >= 0.3 is 0 Å². The second-order valence-corrected chi connectivity index (χ2v) is 9.60. The lowest BCUT2D eigenvalue weighted by molar-refractivity contribution is 0.0985. The Labute approximate surface area is 210 Å². The third-order valence-electron chi connectivity index (χ3n) is 7.46. The molecule has 2 aromatic heterocycles. The molecule has 1 aromatic carbocycles. The zero-order valence-corrected chi connectivity index (χ0v) is 20.5. The Morgan fingerprint density at radius 3 is 2.78 bits per heavy atom. The van der Waals surface area contributed by atoms with Crippen LogP contribution in [0.15, 0.2) is 42.6 Å². The number of aromatic nitrogens is 3. The molecule has 3 aromatic rings. The zero-order valence-electron chi connectivity index (χ0n) is 20.5. The van der Waals surface area contributed by atoms with Crippen molar-refractivity contribution in [2.45, 2.75) is 31.2 Å². The van der Waals surface area contributed by atoms with E-state index in [0.29, 0.717) is 31.4 Å². The van der Waals surface area contributed by atoms with Gasteiger partial charge in [0.25, 0.3) is 0 Å². The van der Waals surface area contributed by atoms with Crippen molar-refractivity contribution in [3.8, 4) is 0 Å². The number of nitrogens with one attached hydrogen (secondary N) is 3. The summed E-state index contributed by atoms with van der Waals surface area (Å²) < 4.78 is 19.5. The van der Waals surface area contributed by atoms with Crippen LogP contribution in [-0.4, -0.2) is 66.8 Å². The third kappa shape index (κ3) is 4.66. The Bertz CT molecular complexity index is 1190. The van der Waals surface area contributed by atoms with Crippen LogP contribution in [0, 0.1) is 11.2 Å². The smallest absolute Gasteiger partial charge is 0.143 e. The molecular weight excluding hydrogens is 459 g/mol. The fraction of sp³-hybridized carbons (Fsp3) is 0.423. The van der Waals surface area contributed by atoms with Crippen molar-refractivity contribution in [1.29, 1.82) is 5.41 Å². The summed E-state index contributed by atoms with van der Waals surface area (Å²) in [5.41, 5.74) is 8.78. The minimum absolute atomic E-state index is 0.175. The standard InChI is InChI=1S/C26H33FN8O/c1-18-16-36-12-11-35(18)24-14-22(21(15-28)25(32-24)31-23-5-8-30-33-23)26(17-29)6-9-34(10-7-26)20-4-2-3-19(27)13-20/h2-5,8,13-15,18,28H,6-7,9-12,16-17,29H2,1H3,(H2,30,31,32,33)/t18-/m1/s1. The number of anilines is 4. The maximum Gasteiger partial charge on any atom is 0.143 e. The van der Waals surface area contributed by atoms with Crippen molar-refractivity contribution in [1.82, 2.24) is 15.2 Å². The van der Waals surface area contributed by atoms with E-state index in [1.165, 1.54) is 12.3 Å². The van der Waals surface area contributed by atoms with Gasteiger partial charge in [-0.25, -0.2) is 9.37 Å². The van der Waals surface area contributed by atoms with Crippen LogP contribution in [0.1, 0.15) is 30.9 Å². The maximum absolute atomic E-state index is 13.9. The number of ether oxygens (including phenoxy) is 1. The Balaban J connectivity index is 1.54. The Morgan fingerprint density at radius 2 is 2.11 bits per heavy atom. The molecule has 2 saturated heterocycles. The van der Waals surface area contributed by atoms with Gasteiger partial charge in [-0.3, -0.25) is 5.10 Å². The van der Waals surface area contributed by atoms with E-state index in [0.717, 1.165) is 55.1 Å². The summed E-state index contributed by atoms with van der Waals surface area (Å²) in [7, 11) is 0. The van der Waals surface area contributed by atoms with E-state index in [-0.39, 0.29) is 17.3 Å². The zero-order chi connectivity index (χ0) is 25.1. The number of nitrogens with two attached hydrogens (primary N) is 1. The van der Waals surface area contributed by atoms with Crippen molar-refractivity contribution in [3.63, 3.8) is 0 Å². The van der Waals surface area contributed by atoms with Crippen molar-refractivity contribution in [2.75, 3.05) is 54.5 Å². The number of nitrogens with zero attached hydrogens (tertiary/aromatic N) is 4. The van der Waals surface area contributed by atoms with Crippen LogP contribution in [0.25, 0.3) is 0 Å². The number of morpholine rings is 1. The number of benzene rings is 1. The van der Waals surface area contributed by atoms with E-state index in [1.807, 2.05) is 12.1 Å². The molecule has 10 heteroatoms. The molecule has 5 rings (SSSR count). The average Bonchev–Trinajstić information content (AvgIpc) is 3.42.